The highest BCUT2D eigenvalue weighted by atomic mass is 79.9. The van der Waals surface area contributed by atoms with Crippen LogP contribution < -0.4 is 14.8 Å². The summed E-state index contributed by atoms with van der Waals surface area (Å²) in [5.41, 5.74) is 1.05. The van der Waals surface area contributed by atoms with Gasteiger partial charge in [-0.2, -0.15) is 0 Å². The summed E-state index contributed by atoms with van der Waals surface area (Å²) < 4.78 is 11.6. The minimum Gasteiger partial charge on any atom is -0.495 e. The molecule has 0 spiro atoms. The number of carbonyl (C=O) groups excluding carboxylic acids is 1. The second kappa shape index (κ2) is 8.94. The molecule has 0 bridgehead atoms. The predicted molar refractivity (Wildman–Crippen MR) is 101 cm³/mol. The largest absolute Gasteiger partial charge is 0.495 e. The van der Waals surface area contributed by atoms with Gasteiger partial charge in [0.2, 0.25) is 0 Å². The van der Waals surface area contributed by atoms with Gasteiger partial charge in [0.05, 0.1) is 24.3 Å². The first-order chi connectivity index (χ1) is 11.5. The number of anilines is 1. The van der Waals surface area contributed by atoms with Crippen molar-refractivity contribution in [2.45, 2.75) is 19.8 Å². The lowest BCUT2D eigenvalue weighted by Crippen LogP contribution is -2.14. The molecular formula is C18H19BrClNO3. The highest BCUT2D eigenvalue weighted by Crippen LogP contribution is 2.29. The van der Waals surface area contributed by atoms with Crippen molar-refractivity contribution in [3.63, 3.8) is 0 Å². The quantitative estimate of drug-likeness (QED) is 0.607. The number of amides is 1. The number of rotatable bonds is 7. The zero-order valence-electron chi connectivity index (χ0n) is 13.6. The maximum atomic E-state index is 12.6. The molecule has 0 fully saturated rings. The van der Waals surface area contributed by atoms with Gasteiger partial charge in [0.1, 0.15) is 11.5 Å². The number of hydrogen-bond acceptors (Lipinski definition) is 3. The Balaban J connectivity index is 2.19. The summed E-state index contributed by atoms with van der Waals surface area (Å²) in [6.45, 7) is 2.67. The van der Waals surface area contributed by atoms with Crippen LogP contribution in [0.5, 0.6) is 11.5 Å². The minimum atomic E-state index is -0.260. The number of hydrogen-bond donors (Lipinski definition) is 1. The molecule has 6 heteroatoms. The topological polar surface area (TPSA) is 47.6 Å². The Kier molecular flexibility index (Phi) is 6.94. The van der Waals surface area contributed by atoms with Gasteiger partial charge in [-0.25, -0.2) is 0 Å². The van der Waals surface area contributed by atoms with E-state index in [0.717, 1.165) is 17.3 Å². The van der Waals surface area contributed by atoms with E-state index < -0.39 is 0 Å². The van der Waals surface area contributed by atoms with E-state index in [1.807, 2.05) is 6.07 Å². The van der Waals surface area contributed by atoms with E-state index in [1.54, 1.807) is 37.4 Å². The maximum Gasteiger partial charge on any atom is 0.259 e. The summed E-state index contributed by atoms with van der Waals surface area (Å²) in [4.78, 5) is 12.6. The molecule has 2 aromatic rings. The van der Waals surface area contributed by atoms with E-state index in [2.05, 4.69) is 28.2 Å². The van der Waals surface area contributed by atoms with E-state index >= 15 is 0 Å². The molecule has 2 aromatic carbocycles. The van der Waals surface area contributed by atoms with Crippen molar-refractivity contribution >= 4 is 39.1 Å². The molecule has 24 heavy (non-hydrogen) atoms. The van der Waals surface area contributed by atoms with E-state index in [0.29, 0.717) is 34.4 Å². The lowest BCUT2D eigenvalue weighted by molar-refractivity contribution is 0.102. The Labute approximate surface area is 155 Å². The van der Waals surface area contributed by atoms with Crippen molar-refractivity contribution < 1.29 is 14.3 Å². The van der Waals surface area contributed by atoms with Gasteiger partial charge in [-0.05, 0) is 42.8 Å². The minimum absolute atomic E-state index is 0.260. The Morgan fingerprint density at radius 3 is 2.62 bits per heavy atom. The van der Waals surface area contributed by atoms with Gasteiger partial charge in [-0.15, -0.1) is 0 Å². The zero-order chi connectivity index (χ0) is 17.5. The summed E-state index contributed by atoms with van der Waals surface area (Å²) in [5, 5.41) is 3.26. The van der Waals surface area contributed by atoms with Crippen LogP contribution in [0.4, 0.5) is 5.69 Å². The van der Waals surface area contributed by atoms with Crippen LogP contribution in [0.15, 0.2) is 40.9 Å². The standard InChI is InChI=1S/C18H19BrClNO3/c1-3-4-9-24-16-7-5-12(19)10-14(16)18(22)21-13-6-8-17(23-2)15(20)11-13/h5-8,10-11H,3-4,9H2,1-2H3,(H,21,22). The van der Waals surface area contributed by atoms with Gasteiger partial charge in [-0.3, -0.25) is 4.79 Å². The molecule has 0 saturated heterocycles. The second-order valence-corrected chi connectivity index (χ2v) is 6.47. The highest BCUT2D eigenvalue weighted by molar-refractivity contribution is 9.10. The zero-order valence-corrected chi connectivity index (χ0v) is 15.9. The highest BCUT2D eigenvalue weighted by Gasteiger charge is 2.14. The summed E-state index contributed by atoms with van der Waals surface area (Å²) in [5.74, 6) is 0.855. The van der Waals surface area contributed by atoms with Crippen LogP contribution in [0.2, 0.25) is 5.02 Å². The number of carbonyl (C=O) groups is 1. The lowest BCUT2D eigenvalue weighted by atomic mass is 10.1. The van der Waals surface area contributed by atoms with Crippen LogP contribution in [0.3, 0.4) is 0 Å². The average Bonchev–Trinajstić information content (AvgIpc) is 2.56. The Morgan fingerprint density at radius 1 is 1.21 bits per heavy atom. The molecule has 0 aromatic heterocycles. The van der Waals surface area contributed by atoms with Crippen molar-refractivity contribution in [1.82, 2.24) is 0 Å². The number of benzene rings is 2. The molecule has 0 heterocycles. The molecule has 0 saturated carbocycles. The Bertz CT molecular complexity index is 721. The SMILES string of the molecule is CCCCOc1ccc(Br)cc1C(=O)Nc1ccc(OC)c(Cl)c1. The van der Waals surface area contributed by atoms with Gasteiger partial charge >= 0.3 is 0 Å². The molecule has 0 aliphatic rings. The van der Waals surface area contributed by atoms with Crippen molar-refractivity contribution in [3.05, 3.63) is 51.5 Å². The summed E-state index contributed by atoms with van der Waals surface area (Å²) >= 11 is 9.48. The van der Waals surface area contributed by atoms with Crippen LogP contribution >= 0.6 is 27.5 Å². The smallest absolute Gasteiger partial charge is 0.259 e. The molecule has 1 amide bonds. The van der Waals surface area contributed by atoms with Gasteiger partial charge in [0.25, 0.3) is 5.91 Å². The predicted octanol–water partition coefficient (Wildman–Crippen LogP) is 5.54. The van der Waals surface area contributed by atoms with E-state index in [-0.39, 0.29) is 5.91 Å². The van der Waals surface area contributed by atoms with Crippen molar-refractivity contribution in [2.75, 3.05) is 19.0 Å². The summed E-state index contributed by atoms with van der Waals surface area (Å²) in [6.07, 6.45) is 1.97. The monoisotopic (exact) mass is 411 g/mol. The molecule has 0 unspecified atom stereocenters. The maximum absolute atomic E-state index is 12.6. The van der Waals surface area contributed by atoms with E-state index in [4.69, 9.17) is 21.1 Å². The van der Waals surface area contributed by atoms with Crippen LogP contribution in [0.25, 0.3) is 0 Å². The molecule has 0 aliphatic heterocycles. The average molecular weight is 413 g/mol. The van der Waals surface area contributed by atoms with Gasteiger partial charge in [0.15, 0.2) is 0 Å². The fourth-order valence-electron chi connectivity index (χ4n) is 2.07. The van der Waals surface area contributed by atoms with Crippen molar-refractivity contribution in [2.24, 2.45) is 0 Å². The van der Waals surface area contributed by atoms with Crippen LogP contribution in [-0.4, -0.2) is 19.6 Å². The first-order valence-electron chi connectivity index (χ1n) is 7.62. The number of methoxy groups -OCH3 is 1. The van der Waals surface area contributed by atoms with Gasteiger partial charge in [0, 0.05) is 10.2 Å². The lowest BCUT2D eigenvalue weighted by Gasteiger charge is -2.13. The van der Waals surface area contributed by atoms with Crippen LogP contribution in [-0.2, 0) is 0 Å². The molecule has 2 rings (SSSR count). The number of ether oxygens (including phenoxy) is 2. The summed E-state index contributed by atoms with van der Waals surface area (Å²) in [6, 6.07) is 10.5. The number of unbranched alkanes of at least 4 members (excludes halogenated alkanes) is 1. The third-order valence-electron chi connectivity index (χ3n) is 3.35. The molecule has 0 aliphatic carbocycles. The Hall–Kier alpha value is -1.72. The van der Waals surface area contributed by atoms with Crippen molar-refractivity contribution in [1.29, 1.82) is 0 Å². The fourth-order valence-corrected chi connectivity index (χ4v) is 2.69. The third-order valence-corrected chi connectivity index (χ3v) is 4.14. The molecular weight excluding hydrogens is 394 g/mol. The van der Waals surface area contributed by atoms with E-state index in [1.165, 1.54) is 0 Å². The van der Waals surface area contributed by atoms with Crippen molar-refractivity contribution in [3.8, 4) is 11.5 Å². The first-order valence-corrected chi connectivity index (χ1v) is 8.79. The number of halogens is 2. The molecule has 4 nitrogen and oxygen atoms in total. The first kappa shape index (κ1) is 18.6. The normalized spacial score (nSPS) is 10.3. The van der Waals surface area contributed by atoms with Crippen LogP contribution in [0, 0.1) is 0 Å². The van der Waals surface area contributed by atoms with Gasteiger partial charge < -0.3 is 14.8 Å². The molecule has 0 atom stereocenters. The molecule has 0 radical (unpaired) electrons. The molecule has 128 valence electrons. The molecule has 1 N–H and O–H groups in total. The third kappa shape index (κ3) is 4.89. The summed E-state index contributed by atoms with van der Waals surface area (Å²) in [7, 11) is 1.54. The van der Waals surface area contributed by atoms with Crippen LogP contribution in [0.1, 0.15) is 30.1 Å². The van der Waals surface area contributed by atoms with Gasteiger partial charge in [-0.1, -0.05) is 40.9 Å². The second-order valence-electron chi connectivity index (χ2n) is 5.15. The number of nitrogens with one attached hydrogen (secondary N) is 1. The Morgan fingerprint density at radius 2 is 1.96 bits per heavy atom. The fraction of sp³-hybridized carbons (Fsp3) is 0.278. The van der Waals surface area contributed by atoms with E-state index in [9.17, 15) is 4.79 Å².